The molecule has 3 N–H and O–H groups in total. The second-order valence-corrected chi connectivity index (χ2v) is 9.43. The van der Waals surface area contributed by atoms with Crippen molar-refractivity contribution >= 4 is 38.1 Å². The Morgan fingerprint density at radius 2 is 1.79 bits per heavy atom. The molecule has 1 fully saturated rings. The molecule has 7 nitrogen and oxygen atoms in total. The van der Waals surface area contributed by atoms with Crippen LogP contribution in [0.25, 0.3) is 10.8 Å². The van der Waals surface area contributed by atoms with Crippen molar-refractivity contribution in [2.75, 3.05) is 36.5 Å². The van der Waals surface area contributed by atoms with Crippen LogP contribution in [0, 0.1) is 0 Å². The first kappa shape index (κ1) is 20.3. The second-order valence-electron chi connectivity index (χ2n) is 7.20. The summed E-state index contributed by atoms with van der Waals surface area (Å²) in [6.07, 6.45) is 0.455. The summed E-state index contributed by atoms with van der Waals surface area (Å²) in [5.41, 5.74) is 0.749. The topological polar surface area (TPSA) is 96.8 Å². The van der Waals surface area contributed by atoms with Gasteiger partial charge in [-0.2, -0.15) is 0 Å². The van der Waals surface area contributed by atoms with E-state index in [1.807, 2.05) is 49.4 Å². The molecular weight excluding hydrogens is 378 g/mol. The molecule has 2 aromatic rings. The van der Waals surface area contributed by atoms with Gasteiger partial charge < -0.3 is 15.5 Å². The van der Waals surface area contributed by atoms with Crippen molar-refractivity contribution in [2.24, 2.45) is 0 Å². The highest BCUT2D eigenvalue weighted by molar-refractivity contribution is 7.91. The average molecular weight is 405 g/mol. The molecule has 0 aromatic heterocycles. The number of rotatable bonds is 7. The molecule has 2 aromatic carbocycles. The third kappa shape index (κ3) is 5.30. The molecule has 3 rings (SSSR count). The summed E-state index contributed by atoms with van der Waals surface area (Å²) in [5, 5.41) is 7.73. The number of fused-ring (bicyclic) bond motifs is 1. The van der Waals surface area contributed by atoms with Crippen molar-refractivity contribution in [3.63, 3.8) is 0 Å². The first-order chi connectivity index (χ1) is 13.4. The highest BCUT2D eigenvalue weighted by Crippen LogP contribution is 2.22. The summed E-state index contributed by atoms with van der Waals surface area (Å²) in [6.45, 7) is 2.82. The van der Waals surface area contributed by atoms with E-state index in [0.717, 1.165) is 21.4 Å². The third-order valence-corrected chi connectivity index (χ3v) is 6.75. The van der Waals surface area contributed by atoms with Gasteiger partial charge in [0.2, 0.25) is 0 Å². The zero-order valence-electron chi connectivity index (χ0n) is 15.9. The molecule has 0 aliphatic carbocycles. The number of benzene rings is 2. The standard InChI is InChI=1S/C20H25N3O4S/c1-2-23(12-19(24)21-16-10-11-28(26,27)14-16)13-20(25)22-18-9-5-7-15-6-3-4-8-17(15)18/h3-9,16H,2,10-14H2,1H3,(H,21,24)(H,22,25)/p+1/t16-/m0/s1. The molecule has 28 heavy (non-hydrogen) atoms. The number of sulfone groups is 1. The first-order valence-corrected chi connectivity index (χ1v) is 11.3. The van der Waals surface area contributed by atoms with Gasteiger partial charge in [-0.3, -0.25) is 9.59 Å². The summed E-state index contributed by atoms with van der Waals surface area (Å²) < 4.78 is 23.0. The monoisotopic (exact) mass is 404 g/mol. The fourth-order valence-corrected chi connectivity index (χ4v) is 5.16. The van der Waals surface area contributed by atoms with Crippen molar-refractivity contribution in [1.29, 1.82) is 0 Å². The lowest BCUT2D eigenvalue weighted by Gasteiger charge is -2.18. The van der Waals surface area contributed by atoms with Crippen molar-refractivity contribution in [1.82, 2.24) is 5.32 Å². The maximum atomic E-state index is 12.5. The molecule has 0 radical (unpaired) electrons. The van der Waals surface area contributed by atoms with Crippen LogP contribution in [0.4, 0.5) is 5.69 Å². The molecular formula is C20H26N3O4S+. The fraction of sp³-hybridized carbons (Fsp3) is 0.400. The van der Waals surface area contributed by atoms with E-state index >= 15 is 0 Å². The lowest BCUT2D eigenvalue weighted by molar-refractivity contribution is -0.881. The lowest BCUT2D eigenvalue weighted by atomic mass is 10.1. The van der Waals surface area contributed by atoms with E-state index in [1.54, 1.807) is 0 Å². The number of nitrogens with one attached hydrogen (secondary N) is 3. The molecule has 0 bridgehead atoms. The van der Waals surface area contributed by atoms with E-state index in [2.05, 4.69) is 10.6 Å². The number of hydrogen-bond donors (Lipinski definition) is 3. The van der Waals surface area contributed by atoms with Gasteiger partial charge in [0.1, 0.15) is 0 Å². The smallest absolute Gasteiger partial charge is 0.279 e. The lowest BCUT2D eigenvalue weighted by Crippen LogP contribution is -3.14. The Hall–Kier alpha value is -2.45. The fourth-order valence-electron chi connectivity index (χ4n) is 3.48. The summed E-state index contributed by atoms with van der Waals surface area (Å²) in [5.74, 6) is -0.265. The summed E-state index contributed by atoms with van der Waals surface area (Å²) in [4.78, 5) is 25.5. The van der Waals surface area contributed by atoms with Crippen molar-refractivity contribution in [3.05, 3.63) is 42.5 Å². The highest BCUT2D eigenvalue weighted by Gasteiger charge is 2.29. The average Bonchev–Trinajstić information content (AvgIpc) is 2.99. The molecule has 150 valence electrons. The normalized spacial score (nSPS) is 19.2. The summed E-state index contributed by atoms with van der Waals surface area (Å²) >= 11 is 0. The van der Waals surface area contributed by atoms with Gasteiger partial charge in [-0.25, -0.2) is 8.42 Å². The van der Waals surface area contributed by atoms with Crippen LogP contribution >= 0.6 is 0 Å². The Labute approximate surface area is 165 Å². The predicted molar refractivity (Wildman–Crippen MR) is 109 cm³/mol. The van der Waals surface area contributed by atoms with E-state index in [1.165, 1.54) is 0 Å². The molecule has 0 spiro atoms. The van der Waals surface area contributed by atoms with Crippen LogP contribution in [-0.2, 0) is 19.4 Å². The van der Waals surface area contributed by atoms with Gasteiger partial charge in [-0.15, -0.1) is 0 Å². The van der Waals surface area contributed by atoms with Crippen molar-refractivity contribution in [2.45, 2.75) is 19.4 Å². The van der Waals surface area contributed by atoms with Crippen LogP contribution in [0.5, 0.6) is 0 Å². The Bertz CT molecular complexity index is 969. The molecule has 1 aliphatic heterocycles. The molecule has 8 heteroatoms. The number of likely N-dealkylation sites (N-methyl/N-ethyl adjacent to an activating group) is 1. The molecule has 2 atom stereocenters. The maximum Gasteiger partial charge on any atom is 0.279 e. The number of hydrogen-bond acceptors (Lipinski definition) is 4. The Morgan fingerprint density at radius 1 is 1.07 bits per heavy atom. The van der Waals surface area contributed by atoms with Crippen LogP contribution < -0.4 is 15.5 Å². The zero-order valence-corrected chi connectivity index (χ0v) is 16.7. The minimum absolute atomic E-state index is 0.00175. The molecule has 1 aliphatic rings. The zero-order chi connectivity index (χ0) is 20.1. The number of anilines is 1. The quantitative estimate of drug-likeness (QED) is 0.605. The van der Waals surface area contributed by atoms with Crippen LogP contribution in [0.1, 0.15) is 13.3 Å². The number of amides is 2. The molecule has 2 amide bonds. The third-order valence-electron chi connectivity index (χ3n) is 4.98. The minimum Gasteiger partial charge on any atom is -0.347 e. The molecule has 1 heterocycles. The van der Waals surface area contributed by atoms with Crippen molar-refractivity contribution < 1.29 is 22.9 Å². The largest absolute Gasteiger partial charge is 0.347 e. The molecule has 1 unspecified atom stereocenters. The van der Waals surface area contributed by atoms with Gasteiger partial charge in [-0.05, 0) is 24.8 Å². The van der Waals surface area contributed by atoms with Crippen LogP contribution in [0.2, 0.25) is 0 Å². The predicted octanol–water partition coefficient (Wildman–Crippen LogP) is -0.0136. The molecule has 1 saturated heterocycles. The van der Waals surface area contributed by atoms with Gasteiger partial charge in [-0.1, -0.05) is 36.4 Å². The Kier molecular flexibility index (Phi) is 6.31. The SMILES string of the molecule is CC[NH+](CC(=O)Nc1cccc2ccccc12)CC(=O)N[C@H]1CCS(=O)(=O)C1. The number of carbonyl (C=O) groups excluding carboxylic acids is 2. The van der Waals surface area contributed by atoms with Gasteiger partial charge in [0.05, 0.1) is 18.1 Å². The second kappa shape index (κ2) is 8.70. The van der Waals surface area contributed by atoms with E-state index in [-0.39, 0.29) is 42.5 Å². The van der Waals surface area contributed by atoms with Gasteiger partial charge in [0.25, 0.3) is 11.8 Å². The summed E-state index contributed by atoms with van der Waals surface area (Å²) in [6, 6.07) is 13.2. The van der Waals surface area contributed by atoms with Gasteiger partial charge in [0.15, 0.2) is 22.9 Å². The first-order valence-electron chi connectivity index (χ1n) is 9.47. The Balaban J connectivity index is 1.55. The van der Waals surface area contributed by atoms with E-state index in [0.29, 0.717) is 13.0 Å². The Morgan fingerprint density at radius 3 is 2.50 bits per heavy atom. The minimum atomic E-state index is -3.03. The number of quaternary nitrogens is 1. The highest BCUT2D eigenvalue weighted by atomic mass is 32.2. The van der Waals surface area contributed by atoms with Gasteiger partial charge >= 0.3 is 0 Å². The number of carbonyl (C=O) groups is 2. The summed E-state index contributed by atoms with van der Waals surface area (Å²) in [7, 11) is -3.03. The van der Waals surface area contributed by atoms with Crippen LogP contribution in [0.3, 0.4) is 0 Å². The van der Waals surface area contributed by atoms with E-state index < -0.39 is 9.84 Å². The van der Waals surface area contributed by atoms with Crippen molar-refractivity contribution in [3.8, 4) is 0 Å². The van der Waals surface area contributed by atoms with Crippen LogP contribution in [0.15, 0.2) is 42.5 Å². The van der Waals surface area contributed by atoms with Crippen LogP contribution in [-0.4, -0.2) is 57.4 Å². The van der Waals surface area contributed by atoms with Gasteiger partial charge in [0, 0.05) is 17.1 Å². The maximum absolute atomic E-state index is 12.5. The van der Waals surface area contributed by atoms with E-state index in [4.69, 9.17) is 0 Å². The van der Waals surface area contributed by atoms with E-state index in [9.17, 15) is 18.0 Å². The molecule has 0 saturated carbocycles.